The molecular formula is C21H18Cl2N2O3S. The highest BCUT2D eigenvalue weighted by Crippen LogP contribution is 2.27. The van der Waals surface area contributed by atoms with Gasteiger partial charge in [-0.3, -0.25) is 9.52 Å². The molecule has 0 unspecified atom stereocenters. The second-order valence-corrected chi connectivity index (χ2v) is 9.02. The van der Waals surface area contributed by atoms with Crippen molar-refractivity contribution < 1.29 is 13.2 Å². The Labute approximate surface area is 179 Å². The summed E-state index contributed by atoms with van der Waals surface area (Å²) in [6.07, 6.45) is 0. The molecule has 0 saturated carbocycles. The molecular weight excluding hydrogens is 431 g/mol. The molecule has 0 aromatic heterocycles. The van der Waals surface area contributed by atoms with Gasteiger partial charge in [0, 0.05) is 16.3 Å². The molecule has 150 valence electrons. The zero-order valence-corrected chi connectivity index (χ0v) is 18.0. The fourth-order valence-corrected chi connectivity index (χ4v) is 4.41. The third-order valence-corrected chi connectivity index (χ3v) is 6.32. The average molecular weight is 449 g/mol. The quantitative estimate of drug-likeness (QED) is 0.528. The molecule has 0 radical (unpaired) electrons. The van der Waals surface area contributed by atoms with Crippen LogP contribution in [0, 0.1) is 13.8 Å². The van der Waals surface area contributed by atoms with Crippen LogP contribution in [0.15, 0.2) is 65.6 Å². The molecule has 0 spiro atoms. The van der Waals surface area contributed by atoms with Gasteiger partial charge in [0.25, 0.3) is 15.9 Å². The third kappa shape index (κ3) is 5.09. The van der Waals surface area contributed by atoms with Crippen LogP contribution in [0.2, 0.25) is 10.0 Å². The third-order valence-electron chi connectivity index (χ3n) is 4.22. The highest BCUT2D eigenvalue weighted by Gasteiger charge is 2.21. The number of anilines is 2. The molecule has 0 aliphatic carbocycles. The number of hydrogen-bond donors (Lipinski definition) is 2. The molecule has 0 aliphatic heterocycles. The van der Waals surface area contributed by atoms with E-state index in [1.54, 1.807) is 37.3 Å². The van der Waals surface area contributed by atoms with E-state index in [1.165, 1.54) is 18.2 Å². The van der Waals surface area contributed by atoms with E-state index in [4.69, 9.17) is 23.2 Å². The van der Waals surface area contributed by atoms with E-state index in [-0.39, 0.29) is 15.5 Å². The Morgan fingerprint density at radius 3 is 2.28 bits per heavy atom. The van der Waals surface area contributed by atoms with Crippen LogP contribution in [0.5, 0.6) is 0 Å². The van der Waals surface area contributed by atoms with Crippen LogP contribution in [0.4, 0.5) is 11.4 Å². The van der Waals surface area contributed by atoms with Crippen molar-refractivity contribution in [2.45, 2.75) is 18.7 Å². The number of amides is 1. The molecule has 0 saturated heterocycles. The van der Waals surface area contributed by atoms with E-state index in [2.05, 4.69) is 10.0 Å². The summed E-state index contributed by atoms with van der Waals surface area (Å²) in [5.74, 6) is -0.466. The summed E-state index contributed by atoms with van der Waals surface area (Å²) in [5, 5.41) is 3.26. The van der Waals surface area contributed by atoms with Crippen LogP contribution in [0.3, 0.4) is 0 Å². The van der Waals surface area contributed by atoms with Gasteiger partial charge in [0.1, 0.15) is 4.90 Å². The number of nitrogens with one attached hydrogen (secondary N) is 2. The largest absolute Gasteiger partial charge is 0.322 e. The number of rotatable bonds is 5. The molecule has 0 bridgehead atoms. The predicted molar refractivity (Wildman–Crippen MR) is 118 cm³/mol. The van der Waals surface area contributed by atoms with E-state index in [0.29, 0.717) is 16.4 Å². The van der Waals surface area contributed by atoms with Gasteiger partial charge >= 0.3 is 0 Å². The number of benzene rings is 3. The Morgan fingerprint density at radius 2 is 1.59 bits per heavy atom. The molecule has 3 rings (SSSR count). The minimum absolute atomic E-state index is 0.0193. The van der Waals surface area contributed by atoms with Crippen molar-refractivity contribution >= 4 is 50.5 Å². The van der Waals surface area contributed by atoms with Gasteiger partial charge in [0.05, 0.1) is 10.7 Å². The Morgan fingerprint density at radius 1 is 0.897 bits per heavy atom. The van der Waals surface area contributed by atoms with Crippen LogP contribution < -0.4 is 10.0 Å². The second-order valence-electron chi connectivity index (χ2n) is 6.53. The van der Waals surface area contributed by atoms with E-state index in [0.717, 1.165) is 11.1 Å². The van der Waals surface area contributed by atoms with Crippen molar-refractivity contribution in [3.63, 3.8) is 0 Å². The first-order valence-corrected chi connectivity index (χ1v) is 10.9. The lowest BCUT2D eigenvalue weighted by Gasteiger charge is -2.13. The maximum absolute atomic E-state index is 12.9. The molecule has 3 aromatic rings. The SMILES string of the molecule is Cc1ccc(C)c(NS(=O)(=O)c2cc(C(=O)Nc3ccc(Cl)cc3)ccc2Cl)c1. The molecule has 0 fully saturated rings. The summed E-state index contributed by atoms with van der Waals surface area (Å²) in [6.45, 7) is 3.67. The average Bonchev–Trinajstić information content (AvgIpc) is 2.66. The number of sulfonamides is 1. The van der Waals surface area contributed by atoms with Crippen LogP contribution in [0.25, 0.3) is 0 Å². The maximum atomic E-state index is 12.9. The summed E-state index contributed by atoms with van der Waals surface area (Å²) in [5.41, 5.74) is 2.83. The predicted octanol–water partition coefficient (Wildman–Crippen LogP) is 5.66. The topological polar surface area (TPSA) is 75.3 Å². The van der Waals surface area contributed by atoms with Gasteiger partial charge < -0.3 is 5.32 Å². The number of carbonyl (C=O) groups is 1. The summed E-state index contributed by atoms with van der Waals surface area (Å²) in [6, 6.07) is 16.1. The summed E-state index contributed by atoms with van der Waals surface area (Å²) in [4.78, 5) is 12.4. The zero-order chi connectivity index (χ0) is 21.2. The Balaban J connectivity index is 1.90. The molecule has 0 heterocycles. The van der Waals surface area contributed by atoms with Gasteiger partial charge in [-0.25, -0.2) is 8.42 Å². The Kier molecular flexibility index (Phi) is 6.17. The van der Waals surface area contributed by atoms with Crippen molar-refractivity contribution in [2.75, 3.05) is 10.0 Å². The van der Waals surface area contributed by atoms with Gasteiger partial charge in [-0.15, -0.1) is 0 Å². The first-order chi connectivity index (χ1) is 13.7. The normalized spacial score (nSPS) is 11.2. The van der Waals surface area contributed by atoms with Crippen LogP contribution in [-0.4, -0.2) is 14.3 Å². The van der Waals surface area contributed by atoms with E-state index in [1.807, 2.05) is 19.1 Å². The summed E-state index contributed by atoms with van der Waals surface area (Å²) < 4.78 is 28.4. The number of aryl methyl sites for hydroxylation is 2. The van der Waals surface area contributed by atoms with E-state index < -0.39 is 15.9 Å². The van der Waals surface area contributed by atoms with Gasteiger partial charge in [0.15, 0.2) is 0 Å². The fraction of sp³-hybridized carbons (Fsp3) is 0.0952. The van der Waals surface area contributed by atoms with Crippen molar-refractivity contribution in [1.29, 1.82) is 0 Å². The minimum atomic E-state index is -4.00. The molecule has 2 N–H and O–H groups in total. The number of halogens is 2. The van der Waals surface area contributed by atoms with Crippen molar-refractivity contribution in [2.24, 2.45) is 0 Å². The summed E-state index contributed by atoms with van der Waals surface area (Å²) in [7, 11) is -4.00. The van der Waals surface area contributed by atoms with Gasteiger partial charge in [-0.2, -0.15) is 0 Å². The number of hydrogen-bond acceptors (Lipinski definition) is 3. The Bertz CT molecular complexity index is 1180. The zero-order valence-electron chi connectivity index (χ0n) is 15.7. The number of carbonyl (C=O) groups excluding carboxylic acids is 1. The molecule has 0 atom stereocenters. The monoisotopic (exact) mass is 448 g/mol. The van der Waals surface area contributed by atoms with Crippen LogP contribution in [-0.2, 0) is 10.0 Å². The standard InChI is InChI=1S/C21H18Cl2N2O3S/c1-13-3-4-14(2)19(11-13)25-29(27,28)20-12-15(5-10-18(20)23)21(26)24-17-8-6-16(22)7-9-17/h3-12,25H,1-2H3,(H,24,26). The molecule has 0 aliphatic rings. The smallest absolute Gasteiger partial charge is 0.263 e. The lowest BCUT2D eigenvalue weighted by Crippen LogP contribution is -2.17. The second kappa shape index (κ2) is 8.45. The first-order valence-electron chi connectivity index (χ1n) is 8.62. The molecule has 29 heavy (non-hydrogen) atoms. The minimum Gasteiger partial charge on any atom is -0.322 e. The molecule has 8 heteroatoms. The maximum Gasteiger partial charge on any atom is 0.263 e. The fourth-order valence-electron chi connectivity index (χ4n) is 2.63. The van der Waals surface area contributed by atoms with Crippen LogP contribution in [0.1, 0.15) is 21.5 Å². The summed E-state index contributed by atoms with van der Waals surface area (Å²) >= 11 is 12.0. The highest BCUT2D eigenvalue weighted by atomic mass is 35.5. The van der Waals surface area contributed by atoms with Gasteiger partial charge in [0.2, 0.25) is 0 Å². The van der Waals surface area contributed by atoms with E-state index >= 15 is 0 Å². The lowest BCUT2D eigenvalue weighted by molar-refractivity contribution is 0.102. The Hall–Kier alpha value is -2.54. The van der Waals surface area contributed by atoms with E-state index in [9.17, 15) is 13.2 Å². The lowest BCUT2D eigenvalue weighted by atomic mass is 10.1. The molecule has 5 nitrogen and oxygen atoms in total. The first kappa shape index (κ1) is 21.2. The van der Waals surface area contributed by atoms with Gasteiger partial charge in [-0.1, -0.05) is 35.3 Å². The highest BCUT2D eigenvalue weighted by molar-refractivity contribution is 7.92. The molecule has 1 amide bonds. The van der Waals surface area contributed by atoms with Gasteiger partial charge in [-0.05, 0) is 73.5 Å². The van der Waals surface area contributed by atoms with Crippen molar-refractivity contribution in [1.82, 2.24) is 0 Å². The molecule has 3 aromatic carbocycles. The van der Waals surface area contributed by atoms with Crippen molar-refractivity contribution in [3.05, 3.63) is 87.4 Å². The van der Waals surface area contributed by atoms with Crippen LogP contribution >= 0.6 is 23.2 Å². The van der Waals surface area contributed by atoms with Crippen molar-refractivity contribution in [3.8, 4) is 0 Å².